The number of benzene rings is 3. The van der Waals surface area contributed by atoms with Crippen molar-refractivity contribution in [1.29, 1.82) is 0 Å². The fourth-order valence-electron chi connectivity index (χ4n) is 5.95. The number of anilines is 1. The van der Waals surface area contributed by atoms with E-state index >= 15 is 0 Å². The number of hydrogen-bond donors (Lipinski definition) is 2. The van der Waals surface area contributed by atoms with Crippen LogP contribution in [0.2, 0.25) is 5.02 Å². The molecule has 0 aromatic heterocycles. The molecule has 0 aliphatic heterocycles. The molecule has 2 aliphatic rings. The van der Waals surface area contributed by atoms with E-state index in [4.69, 9.17) is 16.4 Å². The Hall–Kier alpha value is -3.41. The Balaban J connectivity index is 1.30. The molecule has 7 nitrogen and oxygen atoms in total. The monoisotopic (exact) mass is 620 g/mol. The number of fused-ring (bicyclic) bond motifs is 2. The van der Waals surface area contributed by atoms with Gasteiger partial charge in [-0.2, -0.15) is 0 Å². The number of aryl methyl sites for hydroxylation is 1. The van der Waals surface area contributed by atoms with E-state index in [2.05, 4.69) is 10.5 Å². The van der Waals surface area contributed by atoms with E-state index in [0.29, 0.717) is 25.0 Å². The number of sulfone groups is 1. The Kier molecular flexibility index (Phi) is 8.37. The van der Waals surface area contributed by atoms with Crippen LogP contribution in [0.15, 0.2) is 64.6 Å². The van der Waals surface area contributed by atoms with Gasteiger partial charge in [0.25, 0.3) is 5.91 Å². The van der Waals surface area contributed by atoms with Crippen molar-refractivity contribution in [2.75, 3.05) is 5.32 Å². The molecule has 3 aromatic carbocycles. The smallest absolute Gasteiger partial charge is 0.255 e. The van der Waals surface area contributed by atoms with Gasteiger partial charge >= 0.3 is 0 Å². The molecule has 2 atom stereocenters. The first-order chi connectivity index (χ1) is 19.9. The molecule has 0 heterocycles. The average molecular weight is 621 g/mol. The minimum absolute atomic E-state index is 0.0864. The van der Waals surface area contributed by atoms with Gasteiger partial charge in [-0.1, -0.05) is 46.6 Å². The maximum atomic E-state index is 13.9. The standard InChI is InChI=1S/C30H28ClF3N2O5S/c1-17-2-4-18(5-3-17)15-41-35-16-30(38)13-20-6-7-21(14-30)28(20)42(39,40)26-10-19(8-9-23(26)31)29(37)36-22-11-24(32)27(34)25(33)12-22/h2-5,8-12,16,20-21,28,38H,6-7,13-15H2,1H3,(H,36,37)/b35-16+. The summed E-state index contributed by atoms with van der Waals surface area (Å²) in [5.41, 5.74) is 0.236. The van der Waals surface area contributed by atoms with Crippen molar-refractivity contribution in [2.24, 2.45) is 17.0 Å². The summed E-state index contributed by atoms with van der Waals surface area (Å²) < 4.78 is 68.2. The molecule has 2 aliphatic carbocycles. The molecule has 1 amide bonds. The highest BCUT2D eigenvalue weighted by Gasteiger charge is 2.54. The van der Waals surface area contributed by atoms with Gasteiger partial charge < -0.3 is 15.3 Å². The quantitative estimate of drug-likeness (QED) is 0.177. The van der Waals surface area contributed by atoms with Crippen molar-refractivity contribution < 1.29 is 36.3 Å². The number of rotatable bonds is 8. The van der Waals surface area contributed by atoms with E-state index < -0.39 is 44.0 Å². The molecule has 5 rings (SSSR count). The van der Waals surface area contributed by atoms with E-state index in [1.54, 1.807) is 0 Å². The summed E-state index contributed by atoms with van der Waals surface area (Å²) in [7, 11) is -4.06. The zero-order chi connectivity index (χ0) is 30.2. The third-order valence-electron chi connectivity index (χ3n) is 7.89. The van der Waals surface area contributed by atoms with Crippen molar-refractivity contribution in [3.63, 3.8) is 0 Å². The fraction of sp³-hybridized carbons (Fsp3) is 0.333. The lowest BCUT2D eigenvalue weighted by Crippen LogP contribution is -2.47. The van der Waals surface area contributed by atoms with Crippen LogP contribution in [0.25, 0.3) is 0 Å². The van der Waals surface area contributed by atoms with Crippen molar-refractivity contribution in [3.8, 4) is 0 Å². The number of nitrogens with zero attached hydrogens (tertiary/aromatic N) is 1. The van der Waals surface area contributed by atoms with Gasteiger partial charge in [0.15, 0.2) is 27.3 Å². The van der Waals surface area contributed by atoms with Crippen molar-refractivity contribution in [2.45, 2.75) is 55.0 Å². The first-order valence-electron chi connectivity index (χ1n) is 13.3. The van der Waals surface area contributed by atoms with Crippen LogP contribution in [0.4, 0.5) is 18.9 Å². The highest BCUT2D eigenvalue weighted by molar-refractivity contribution is 7.92. The highest BCUT2D eigenvalue weighted by atomic mass is 35.5. The number of hydrogen-bond acceptors (Lipinski definition) is 6. The zero-order valence-corrected chi connectivity index (χ0v) is 24.1. The topological polar surface area (TPSA) is 105 Å². The zero-order valence-electron chi connectivity index (χ0n) is 22.5. The van der Waals surface area contributed by atoms with E-state index in [1.807, 2.05) is 31.2 Å². The molecule has 0 radical (unpaired) electrons. The number of nitrogens with one attached hydrogen (secondary N) is 1. The summed E-state index contributed by atoms with van der Waals surface area (Å²) in [6.07, 6.45) is 2.81. The van der Waals surface area contributed by atoms with Crippen LogP contribution in [0.3, 0.4) is 0 Å². The van der Waals surface area contributed by atoms with Gasteiger partial charge in [-0.25, -0.2) is 21.6 Å². The molecular weight excluding hydrogens is 593 g/mol. The van der Waals surface area contributed by atoms with Crippen LogP contribution in [-0.2, 0) is 21.3 Å². The summed E-state index contributed by atoms with van der Waals surface area (Å²) >= 11 is 6.30. The lowest BCUT2D eigenvalue weighted by Gasteiger charge is -2.38. The second kappa shape index (κ2) is 11.7. The van der Waals surface area contributed by atoms with Crippen molar-refractivity contribution in [1.82, 2.24) is 0 Å². The number of carbonyl (C=O) groups is 1. The molecular formula is C30H28ClF3N2O5S. The number of amides is 1. The van der Waals surface area contributed by atoms with Crippen LogP contribution in [0.5, 0.6) is 0 Å². The van der Waals surface area contributed by atoms with E-state index in [-0.39, 0.29) is 52.5 Å². The second-order valence-electron chi connectivity index (χ2n) is 11.0. The number of aliphatic hydroxyl groups is 1. The molecule has 2 fully saturated rings. The Morgan fingerprint density at radius 1 is 1.07 bits per heavy atom. The van der Waals surface area contributed by atoms with Gasteiger partial charge in [-0.15, -0.1) is 0 Å². The molecule has 222 valence electrons. The largest absolute Gasteiger partial charge is 0.391 e. The minimum Gasteiger partial charge on any atom is -0.391 e. The van der Waals surface area contributed by atoms with Crippen LogP contribution in [0.1, 0.15) is 47.2 Å². The third-order valence-corrected chi connectivity index (χ3v) is 10.8. The van der Waals surface area contributed by atoms with Crippen LogP contribution in [0, 0.1) is 36.2 Å². The Labute approximate surface area is 246 Å². The molecule has 12 heteroatoms. The summed E-state index contributed by atoms with van der Waals surface area (Å²) in [6.45, 7) is 2.21. The van der Waals surface area contributed by atoms with E-state index in [1.165, 1.54) is 18.3 Å². The van der Waals surface area contributed by atoms with Crippen LogP contribution < -0.4 is 5.32 Å². The van der Waals surface area contributed by atoms with Gasteiger partial charge in [0.1, 0.15) is 12.2 Å². The molecule has 2 bridgehead atoms. The van der Waals surface area contributed by atoms with E-state index in [0.717, 1.165) is 17.2 Å². The first-order valence-corrected chi connectivity index (χ1v) is 15.2. The maximum Gasteiger partial charge on any atom is 0.255 e. The number of carbonyl (C=O) groups excluding carboxylic acids is 1. The van der Waals surface area contributed by atoms with Gasteiger partial charge in [0.05, 0.1) is 21.4 Å². The summed E-state index contributed by atoms with van der Waals surface area (Å²) in [5, 5.41) is 16.5. The molecule has 0 saturated heterocycles. The third kappa shape index (κ3) is 6.18. The summed E-state index contributed by atoms with van der Waals surface area (Å²) in [5.74, 6) is -6.29. The lowest BCUT2D eigenvalue weighted by atomic mass is 9.78. The van der Waals surface area contributed by atoms with Gasteiger partial charge in [-0.05, 0) is 68.2 Å². The van der Waals surface area contributed by atoms with E-state index in [9.17, 15) is 31.5 Å². The normalized spacial score (nSPS) is 23.7. The number of oxime groups is 1. The Morgan fingerprint density at radius 2 is 1.69 bits per heavy atom. The van der Waals surface area contributed by atoms with Crippen LogP contribution in [-0.4, -0.2) is 36.5 Å². The Morgan fingerprint density at radius 3 is 2.31 bits per heavy atom. The molecule has 0 spiro atoms. The molecule has 3 aromatic rings. The highest BCUT2D eigenvalue weighted by Crippen LogP contribution is 2.51. The summed E-state index contributed by atoms with van der Waals surface area (Å²) in [4.78, 5) is 17.9. The molecule has 42 heavy (non-hydrogen) atoms. The summed E-state index contributed by atoms with van der Waals surface area (Å²) in [6, 6.07) is 12.6. The fourth-order valence-corrected chi connectivity index (χ4v) is 8.80. The van der Waals surface area contributed by atoms with Crippen molar-refractivity contribution in [3.05, 3.63) is 93.8 Å². The number of halogens is 4. The maximum absolute atomic E-state index is 13.9. The molecule has 2 unspecified atom stereocenters. The Bertz CT molecular complexity index is 1610. The van der Waals surface area contributed by atoms with Gasteiger partial charge in [0.2, 0.25) is 0 Å². The first kappa shape index (κ1) is 30.1. The predicted molar refractivity (Wildman–Crippen MR) is 152 cm³/mol. The minimum atomic E-state index is -4.06. The van der Waals surface area contributed by atoms with Crippen molar-refractivity contribution >= 4 is 39.2 Å². The predicted octanol–water partition coefficient (Wildman–Crippen LogP) is 6.21. The van der Waals surface area contributed by atoms with Crippen LogP contribution >= 0.6 is 11.6 Å². The molecule has 2 N–H and O–H groups in total. The second-order valence-corrected chi connectivity index (χ2v) is 13.4. The SMILES string of the molecule is Cc1ccc(CO/N=C/C2(O)CC3CCC(C2)C3S(=O)(=O)c2cc(C(=O)Nc3cc(F)c(F)c(F)c3)ccc2Cl)cc1. The average Bonchev–Trinajstić information content (AvgIpc) is 3.24. The van der Waals surface area contributed by atoms with Gasteiger partial charge in [0, 0.05) is 23.4 Å². The molecule has 2 saturated carbocycles. The van der Waals surface area contributed by atoms with Gasteiger partial charge in [-0.3, -0.25) is 4.79 Å². The lowest BCUT2D eigenvalue weighted by molar-refractivity contribution is 0.0411.